The molecule has 1 unspecified atom stereocenters. The molecule has 4 aliphatic rings. The summed E-state index contributed by atoms with van der Waals surface area (Å²) in [6.07, 6.45) is 8.99. The highest BCUT2D eigenvalue weighted by molar-refractivity contribution is 5.15. The zero-order valence-corrected chi connectivity index (χ0v) is 15.7. The smallest absolute Gasteiger partial charge is 0.0958 e. The van der Waals surface area contributed by atoms with Crippen LogP contribution in [0.1, 0.15) is 78.6 Å². The first kappa shape index (κ1) is 17.3. The highest BCUT2D eigenvalue weighted by Gasteiger charge is 2.65. The second kappa shape index (κ2) is 5.44. The maximum Gasteiger partial charge on any atom is 0.0958 e. The minimum absolute atomic E-state index is 0.0831. The molecule has 4 saturated carbocycles. The Morgan fingerprint density at radius 1 is 0.917 bits per heavy atom. The molecule has 24 heavy (non-hydrogen) atoms. The van der Waals surface area contributed by atoms with Crippen molar-refractivity contribution in [3.63, 3.8) is 0 Å². The third-order valence-electron chi connectivity index (χ3n) is 9.54. The van der Waals surface area contributed by atoms with Crippen molar-refractivity contribution < 1.29 is 15.3 Å². The van der Waals surface area contributed by atoms with E-state index in [0.29, 0.717) is 23.2 Å². The molecule has 0 radical (unpaired) electrons. The summed E-state index contributed by atoms with van der Waals surface area (Å²) >= 11 is 0. The predicted octanol–water partition coefficient (Wildman–Crippen LogP) is 3.50. The van der Waals surface area contributed by atoms with Crippen molar-refractivity contribution in [3.05, 3.63) is 0 Å². The molecule has 0 heterocycles. The van der Waals surface area contributed by atoms with Gasteiger partial charge < -0.3 is 15.3 Å². The van der Waals surface area contributed by atoms with Crippen molar-refractivity contribution >= 4 is 0 Å². The van der Waals surface area contributed by atoms with Crippen molar-refractivity contribution in [1.29, 1.82) is 0 Å². The van der Waals surface area contributed by atoms with Crippen molar-refractivity contribution in [2.24, 2.45) is 34.5 Å². The molecule has 0 aliphatic heterocycles. The molecule has 3 heteroatoms. The summed E-state index contributed by atoms with van der Waals surface area (Å²) < 4.78 is 0. The lowest BCUT2D eigenvalue weighted by atomic mass is 9.44. The minimum atomic E-state index is -0.900. The standard InChI is InChI=1S/C21H36O3/c1-13(22)21(24)11-8-18-16-5-4-14-12-15(23)6-9-19(14,2)17(16)7-10-20(18,21)3/h13-18,22-24H,4-12H2,1-3H3/t13?,14-,15-,16-,17+,18+,19+,20+,21+/m1/s1. The van der Waals surface area contributed by atoms with E-state index in [1.807, 2.05) is 0 Å². The fraction of sp³-hybridized carbons (Fsp3) is 1.00. The Labute approximate surface area is 146 Å². The Balaban J connectivity index is 1.63. The SMILES string of the molecule is CC(O)[C@@]1(O)CC[C@H]2[C@@H]3CC[C@@H]4C[C@H](O)CC[C@]4(C)[C@H]3CC[C@@]21C. The molecule has 4 aliphatic carbocycles. The molecule has 0 bridgehead atoms. The second-order valence-corrected chi connectivity index (χ2v) is 10.2. The van der Waals surface area contributed by atoms with Crippen molar-refractivity contribution in [2.45, 2.75) is 96.4 Å². The summed E-state index contributed by atoms with van der Waals surface area (Å²) in [6, 6.07) is 0. The number of fused-ring (bicyclic) bond motifs is 5. The van der Waals surface area contributed by atoms with Crippen LogP contribution in [0.5, 0.6) is 0 Å². The molecular weight excluding hydrogens is 300 g/mol. The van der Waals surface area contributed by atoms with Gasteiger partial charge in [-0.2, -0.15) is 0 Å². The third-order valence-corrected chi connectivity index (χ3v) is 9.54. The maximum atomic E-state index is 11.3. The molecule has 4 rings (SSSR count). The van der Waals surface area contributed by atoms with Crippen LogP contribution >= 0.6 is 0 Å². The molecule has 138 valence electrons. The van der Waals surface area contributed by atoms with Crippen molar-refractivity contribution in [2.75, 3.05) is 0 Å². The molecule has 3 N–H and O–H groups in total. The lowest BCUT2D eigenvalue weighted by Crippen LogP contribution is -2.59. The van der Waals surface area contributed by atoms with E-state index in [1.54, 1.807) is 6.92 Å². The van der Waals surface area contributed by atoms with Crippen LogP contribution in [0.2, 0.25) is 0 Å². The van der Waals surface area contributed by atoms with Crippen LogP contribution in [0.4, 0.5) is 0 Å². The lowest BCUT2D eigenvalue weighted by Gasteiger charge is -2.61. The summed E-state index contributed by atoms with van der Waals surface area (Å²) in [6.45, 7) is 6.53. The van der Waals surface area contributed by atoms with E-state index in [2.05, 4.69) is 13.8 Å². The van der Waals surface area contributed by atoms with Crippen LogP contribution in [-0.4, -0.2) is 33.1 Å². The van der Waals surface area contributed by atoms with Gasteiger partial charge in [0.05, 0.1) is 17.8 Å². The quantitative estimate of drug-likeness (QED) is 0.687. The molecule has 0 spiro atoms. The highest BCUT2D eigenvalue weighted by atomic mass is 16.3. The first-order valence-electron chi connectivity index (χ1n) is 10.3. The number of aliphatic hydroxyl groups is 3. The van der Waals surface area contributed by atoms with Gasteiger partial charge in [-0.3, -0.25) is 0 Å². The summed E-state index contributed by atoms with van der Waals surface area (Å²) in [5.41, 5.74) is -0.641. The van der Waals surface area contributed by atoms with Gasteiger partial charge >= 0.3 is 0 Å². The number of hydrogen-bond donors (Lipinski definition) is 3. The fourth-order valence-corrected chi connectivity index (χ4v) is 7.97. The average molecular weight is 337 g/mol. The number of hydrogen-bond acceptors (Lipinski definition) is 3. The summed E-state index contributed by atoms with van der Waals surface area (Å²) in [4.78, 5) is 0. The molecule has 0 aromatic rings. The monoisotopic (exact) mass is 336 g/mol. The molecule has 0 aromatic carbocycles. The molecule has 4 fully saturated rings. The summed E-state index contributed by atoms with van der Waals surface area (Å²) in [5, 5.41) is 31.7. The van der Waals surface area contributed by atoms with Gasteiger partial charge in [-0.15, -0.1) is 0 Å². The topological polar surface area (TPSA) is 60.7 Å². The van der Waals surface area contributed by atoms with Crippen LogP contribution in [0, 0.1) is 34.5 Å². The van der Waals surface area contributed by atoms with E-state index in [9.17, 15) is 15.3 Å². The number of aliphatic hydroxyl groups excluding tert-OH is 2. The normalized spacial score (nSPS) is 58.5. The first-order valence-corrected chi connectivity index (χ1v) is 10.3. The minimum Gasteiger partial charge on any atom is -0.393 e. The molecule has 3 nitrogen and oxygen atoms in total. The predicted molar refractivity (Wildman–Crippen MR) is 94.4 cm³/mol. The fourth-order valence-electron chi connectivity index (χ4n) is 7.97. The van der Waals surface area contributed by atoms with Gasteiger partial charge in [0, 0.05) is 5.41 Å². The molecule has 0 aromatic heterocycles. The molecule has 9 atom stereocenters. The Bertz CT molecular complexity index is 505. The van der Waals surface area contributed by atoms with Crippen molar-refractivity contribution in [3.8, 4) is 0 Å². The van der Waals surface area contributed by atoms with E-state index in [4.69, 9.17) is 0 Å². The van der Waals surface area contributed by atoms with Crippen LogP contribution < -0.4 is 0 Å². The Morgan fingerprint density at radius 3 is 2.33 bits per heavy atom. The Hall–Kier alpha value is -0.120. The zero-order chi connectivity index (χ0) is 17.3. The maximum absolute atomic E-state index is 11.3. The van der Waals surface area contributed by atoms with Gasteiger partial charge in [0.15, 0.2) is 0 Å². The highest BCUT2D eigenvalue weighted by Crippen LogP contribution is 2.68. The summed E-state index contributed by atoms with van der Waals surface area (Å²) in [7, 11) is 0. The molecule has 0 saturated heterocycles. The van der Waals surface area contributed by atoms with Crippen LogP contribution in [0.15, 0.2) is 0 Å². The van der Waals surface area contributed by atoms with Crippen LogP contribution in [-0.2, 0) is 0 Å². The van der Waals surface area contributed by atoms with Gasteiger partial charge in [0.1, 0.15) is 0 Å². The largest absolute Gasteiger partial charge is 0.393 e. The van der Waals surface area contributed by atoms with E-state index in [1.165, 1.54) is 25.7 Å². The van der Waals surface area contributed by atoms with E-state index >= 15 is 0 Å². The van der Waals surface area contributed by atoms with Gasteiger partial charge in [0.2, 0.25) is 0 Å². The van der Waals surface area contributed by atoms with Crippen LogP contribution in [0.3, 0.4) is 0 Å². The molecule has 0 amide bonds. The third kappa shape index (κ3) is 2.07. The second-order valence-electron chi connectivity index (χ2n) is 10.2. The zero-order valence-electron chi connectivity index (χ0n) is 15.7. The average Bonchev–Trinajstić information content (AvgIpc) is 2.81. The van der Waals surface area contributed by atoms with Crippen molar-refractivity contribution in [1.82, 2.24) is 0 Å². The lowest BCUT2D eigenvalue weighted by molar-refractivity contribution is -0.186. The van der Waals surface area contributed by atoms with Crippen LogP contribution in [0.25, 0.3) is 0 Å². The van der Waals surface area contributed by atoms with E-state index in [0.717, 1.165) is 38.0 Å². The van der Waals surface area contributed by atoms with Gasteiger partial charge in [0.25, 0.3) is 0 Å². The van der Waals surface area contributed by atoms with E-state index in [-0.39, 0.29) is 11.5 Å². The van der Waals surface area contributed by atoms with Gasteiger partial charge in [-0.1, -0.05) is 13.8 Å². The van der Waals surface area contributed by atoms with Gasteiger partial charge in [-0.05, 0) is 93.8 Å². The Morgan fingerprint density at radius 2 is 1.62 bits per heavy atom. The van der Waals surface area contributed by atoms with Gasteiger partial charge in [-0.25, -0.2) is 0 Å². The first-order chi connectivity index (χ1) is 11.2. The summed E-state index contributed by atoms with van der Waals surface area (Å²) in [5.74, 6) is 2.69. The Kier molecular flexibility index (Phi) is 3.92. The van der Waals surface area contributed by atoms with E-state index < -0.39 is 11.7 Å². The molecular formula is C21H36O3. The number of rotatable bonds is 1.